The zero-order valence-electron chi connectivity index (χ0n) is 32.6. The minimum atomic E-state index is -0.549. The van der Waals surface area contributed by atoms with Gasteiger partial charge in [0.2, 0.25) is 17.8 Å². The zero-order chi connectivity index (χ0) is 39.3. The maximum Gasteiger partial charge on any atom is 0.410 e. The summed E-state index contributed by atoms with van der Waals surface area (Å²) in [4.78, 5) is 52.3. The molecule has 5 heterocycles. The summed E-state index contributed by atoms with van der Waals surface area (Å²) in [6.45, 7) is 5.09. The first-order chi connectivity index (χ1) is 27.8. The van der Waals surface area contributed by atoms with E-state index in [2.05, 4.69) is 41.8 Å². The number of halogens is 2. The van der Waals surface area contributed by atoms with Crippen molar-refractivity contribution in [1.29, 1.82) is 0 Å². The molecule has 1 saturated carbocycles. The molecule has 1 unspecified atom stereocenters. The van der Waals surface area contributed by atoms with Gasteiger partial charge in [-0.2, -0.15) is 0 Å². The molecule has 12 nitrogen and oxygen atoms in total. The number of benzene rings is 2. The highest BCUT2D eigenvalue weighted by Gasteiger charge is 2.33. The Balaban J connectivity index is 0.750. The fraction of sp³-hybridized carbons (Fsp3) is 0.558. The molecule has 0 bridgehead atoms. The van der Waals surface area contributed by atoms with Gasteiger partial charge in [0.1, 0.15) is 23.7 Å². The van der Waals surface area contributed by atoms with Crippen LogP contribution in [0, 0.1) is 11.6 Å². The highest BCUT2D eigenvalue weighted by Crippen LogP contribution is 2.34. The summed E-state index contributed by atoms with van der Waals surface area (Å²) in [6, 6.07) is 13.0. The molecular formula is C43H54F2N8O4. The number of carbonyl (C=O) groups excluding carboxylic acids is 3. The summed E-state index contributed by atoms with van der Waals surface area (Å²) < 4.78 is 36.2. The molecule has 1 atom stereocenters. The first-order valence-electron chi connectivity index (χ1n) is 21.0. The highest BCUT2D eigenvalue weighted by atomic mass is 19.1. The van der Waals surface area contributed by atoms with Crippen LogP contribution in [0.15, 0.2) is 48.7 Å². The van der Waals surface area contributed by atoms with Gasteiger partial charge in [-0.05, 0) is 126 Å². The molecule has 0 radical (unpaired) electrons. The van der Waals surface area contributed by atoms with Gasteiger partial charge in [0.25, 0.3) is 0 Å². The number of hydrogen-bond acceptors (Lipinski definition) is 10. The van der Waals surface area contributed by atoms with Crippen LogP contribution in [0.25, 0.3) is 11.3 Å². The number of nitrogens with one attached hydrogen (secondary N) is 3. The fourth-order valence-corrected chi connectivity index (χ4v) is 9.34. The minimum Gasteiger partial charge on any atom is -0.446 e. The lowest BCUT2D eigenvalue weighted by Crippen LogP contribution is -2.49. The molecule has 3 amide bonds. The molecule has 3 aromatic rings. The van der Waals surface area contributed by atoms with Crippen LogP contribution in [-0.2, 0) is 14.3 Å². The largest absolute Gasteiger partial charge is 0.446 e. The van der Waals surface area contributed by atoms with Crippen molar-refractivity contribution in [3.8, 4) is 11.3 Å². The molecule has 3 N–H and O–H groups in total. The molecule has 2 aromatic carbocycles. The Hall–Kier alpha value is -4.85. The first-order valence-corrected chi connectivity index (χ1v) is 21.0. The van der Waals surface area contributed by atoms with E-state index < -0.39 is 11.9 Å². The molecule has 1 aliphatic carbocycles. The second kappa shape index (κ2) is 17.7. The van der Waals surface area contributed by atoms with E-state index in [1.165, 1.54) is 31.5 Å². The van der Waals surface area contributed by atoms with Crippen molar-refractivity contribution in [1.82, 2.24) is 25.1 Å². The quantitative estimate of drug-likeness (QED) is 0.199. The number of piperidine rings is 4. The lowest BCUT2D eigenvalue weighted by atomic mass is 9.87. The Bertz CT molecular complexity index is 1900. The van der Waals surface area contributed by atoms with Gasteiger partial charge in [0.15, 0.2) is 5.82 Å². The van der Waals surface area contributed by atoms with Crippen molar-refractivity contribution < 1.29 is 27.9 Å². The van der Waals surface area contributed by atoms with Crippen LogP contribution < -0.4 is 20.9 Å². The van der Waals surface area contributed by atoms with E-state index in [1.54, 1.807) is 0 Å². The normalized spacial score (nSPS) is 24.2. The Morgan fingerprint density at radius 1 is 0.807 bits per heavy atom. The Kier molecular flexibility index (Phi) is 12.1. The van der Waals surface area contributed by atoms with Crippen molar-refractivity contribution in [2.45, 2.75) is 114 Å². The van der Waals surface area contributed by atoms with Gasteiger partial charge in [-0.25, -0.2) is 23.5 Å². The Morgan fingerprint density at radius 2 is 1.58 bits per heavy atom. The molecular weight excluding hydrogens is 731 g/mol. The SMILES string of the molecule is O=C1CCC(Nc2ccc(C3CCN(C4CCN(C(=O)O[C@H]5CC[C@H](Nc6ncc(F)c(-c7cccc(N8CCCCC8)c7)n6)CC5)CC4)CC3)c(F)c2)C(=O)N1. The molecule has 1 aromatic heterocycles. The van der Waals surface area contributed by atoms with Gasteiger partial charge in [0, 0.05) is 61.6 Å². The van der Waals surface area contributed by atoms with Crippen LogP contribution in [0.2, 0.25) is 0 Å². The average Bonchev–Trinajstić information content (AvgIpc) is 3.24. The maximum absolute atomic E-state index is 15.3. The van der Waals surface area contributed by atoms with E-state index in [1.807, 2.05) is 35.2 Å². The molecule has 4 aliphatic heterocycles. The van der Waals surface area contributed by atoms with Crippen molar-refractivity contribution in [2.75, 3.05) is 54.8 Å². The number of likely N-dealkylation sites (tertiary alicyclic amines) is 2. The van der Waals surface area contributed by atoms with E-state index in [4.69, 9.17) is 4.74 Å². The van der Waals surface area contributed by atoms with E-state index >= 15 is 4.39 Å². The third-order valence-corrected chi connectivity index (χ3v) is 12.6. The van der Waals surface area contributed by atoms with Crippen LogP contribution >= 0.6 is 0 Å². The number of imide groups is 1. The molecule has 304 valence electrons. The Labute approximate surface area is 333 Å². The zero-order valence-corrected chi connectivity index (χ0v) is 32.6. The topological polar surface area (TPSA) is 132 Å². The fourth-order valence-electron chi connectivity index (χ4n) is 9.34. The predicted molar refractivity (Wildman–Crippen MR) is 214 cm³/mol. The van der Waals surface area contributed by atoms with Crippen LogP contribution in [0.3, 0.4) is 0 Å². The molecule has 0 spiro atoms. The van der Waals surface area contributed by atoms with Gasteiger partial charge in [0.05, 0.1) is 6.20 Å². The molecule has 5 aliphatic rings. The van der Waals surface area contributed by atoms with E-state index in [9.17, 15) is 18.8 Å². The minimum absolute atomic E-state index is 0.107. The highest BCUT2D eigenvalue weighted by molar-refractivity contribution is 6.01. The molecule has 14 heteroatoms. The van der Waals surface area contributed by atoms with E-state index in [-0.39, 0.29) is 48.2 Å². The molecule has 8 rings (SSSR count). The van der Waals surface area contributed by atoms with Crippen LogP contribution in [-0.4, -0.2) is 101 Å². The smallest absolute Gasteiger partial charge is 0.410 e. The van der Waals surface area contributed by atoms with Crippen LogP contribution in [0.4, 0.5) is 30.9 Å². The Morgan fingerprint density at radius 3 is 2.32 bits per heavy atom. The second-order valence-electron chi connectivity index (χ2n) is 16.4. The van der Waals surface area contributed by atoms with Crippen LogP contribution in [0.5, 0.6) is 0 Å². The van der Waals surface area contributed by atoms with Gasteiger partial charge < -0.3 is 30.1 Å². The van der Waals surface area contributed by atoms with E-state index in [0.717, 1.165) is 88.8 Å². The van der Waals surface area contributed by atoms with Gasteiger partial charge in [-0.1, -0.05) is 18.2 Å². The van der Waals surface area contributed by atoms with Gasteiger partial charge >= 0.3 is 6.09 Å². The number of carbonyl (C=O) groups is 3. The molecule has 57 heavy (non-hydrogen) atoms. The lowest BCUT2D eigenvalue weighted by Gasteiger charge is -2.42. The summed E-state index contributed by atoms with van der Waals surface area (Å²) in [6.07, 6.45) is 11.6. The van der Waals surface area contributed by atoms with Crippen LogP contribution in [0.1, 0.15) is 95.0 Å². The number of amides is 3. The summed E-state index contributed by atoms with van der Waals surface area (Å²) in [5.41, 5.74) is 3.37. The van der Waals surface area contributed by atoms with E-state index in [0.29, 0.717) is 48.4 Å². The number of ether oxygens (including phenoxy) is 1. The van der Waals surface area contributed by atoms with Crippen molar-refractivity contribution in [2.24, 2.45) is 0 Å². The second-order valence-corrected chi connectivity index (χ2v) is 16.4. The molecule has 5 fully saturated rings. The number of anilines is 3. The summed E-state index contributed by atoms with van der Waals surface area (Å²) in [7, 11) is 0. The van der Waals surface area contributed by atoms with Gasteiger partial charge in [-0.3, -0.25) is 14.9 Å². The van der Waals surface area contributed by atoms with Crippen molar-refractivity contribution >= 4 is 35.2 Å². The lowest BCUT2D eigenvalue weighted by molar-refractivity contribution is -0.133. The number of aromatic nitrogens is 2. The third kappa shape index (κ3) is 9.48. The standard InChI is InChI=1S/C43H54F2N8O4/c44-36-26-31(47-38-13-14-39(54)49-41(38)55)9-12-35(36)28-15-21-52(22-16-28)32-17-23-53(24-18-32)43(56)57-34-10-7-30(8-11-34)48-42-46-27-37(45)40(50-42)29-5-4-6-33(25-29)51-19-2-1-3-20-51/h4-6,9,12,25-28,30,32,34,38,47H,1-3,7-8,10-11,13-24H2,(H,46,48,50)(H,49,54,55)/t30-,34-,38?. The summed E-state index contributed by atoms with van der Waals surface area (Å²) in [5, 5.41) is 8.80. The third-order valence-electron chi connectivity index (χ3n) is 12.6. The number of nitrogens with zero attached hydrogens (tertiary/aromatic N) is 5. The summed E-state index contributed by atoms with van der Waals surface area (Å²) >= 11 is 0. The number of rotatable bonds is 9. The van der Waals surface area contributed by atoms with Crippen molar-refractivity contribution in [3.63, 3.8) is 0 Å². The average molecular weight is 785 g/mol. The predicted octanol–water partition coefficient (Wildman–Crippen LogP) is 6.83. The van der Waals surface area contributed by atoms with Gasteiger partial charge in [-0.15, -0.1) is 0 Å². The molecule has 4 saturated heterocycles. The number of hydrogen-bond donors (Lipinski definition) is 3. The summed E-state index contributed by atoms with van der Waals surface area (Å²) in [5.74, 6) is -0.845. The van der Waals surface area contributed by atoms with Crippen molar-refractivity contribution in [3.05, 3.63) is 65.9 Å². The first kappa shape index (κ1) is 39.0. The monoisotopic (exact) mass is 784 g/mol. The maximum atomic E-state index is 15.3.